The van der Waals surface area contributed by atoms with Gasteiger partial charge in [0.25, 0.3) is 0 Å². The number of phenols is 1. The Morgan fingerprint density at radius 3 is 2.65 bits per heavy atom. The lowest BCUT2D eigenvalue weighted by Crippen LogP contribution is -2.11. The normalized spacial score (nSPS) is 15.1. The lowest BCUT2D eigenvalue weighted by Gasteiger charge is -2.11. The van der Waals surface area contributed by atoms with Crippen LogP contribution in [0.2, 0.25) is 0 Å². The summed E-state index contributed by atoms with van der Waals surface area (Å²) < 4.78 is 5.41. The molecule has 0 saturated carbocycles. The summed E-state index contributed by atoms with van der Waals surface area (Å²) in [6, 6.07) is 3.62. The first kappa shape index (κ1) is 13.2. The van der Waals surface area contributed by atoms with Crippen molar-refractivity contribution in [2.45, 2.75) is 51.9 Å². The summed E-state index contributed by atoms with van der Waals surface area (Å²) >= 11 is 0. The maximum absolute atomic E-state index is 12.1. The van der Waals surface area contributed by atoms with E-state index in [0.29, 0.717) is 5.58 Å². The lowest BCUT2D eigenvalue weighted by molar-refractivity contribution is 0.465. The van der Waals surface area contributed by atoms with Crippen molar-refractivity contribution in [2.75, 3.05) is 0 Å². The number of hydrogen-bond acceptors (Lipinski definition) is 3. The van der Waals surface area contributed by atoms with Crippen molar-refractivity contribution in [1.29, 1.82) is 0 Å². The minimum absolute atomic E-state index is 0.225. The van der Waals surface area contributed by atoms with E-state index in [2.05, 4.69) is 6.92 Å². The SMILES string of the molecule is CCCc1cc2c3c(c(=O)oc2cc1O)CCCCC3. The molecule has 0 spiro atoms. The van der Waals surface area contributed by atoms with Crippen LogP contribution >= 0.6 is 0 Å². The van der Waals surface area contributed by atoms with Crippen LogP contribution in [0.25, 0.3) is 11.0 Å². The highest BCUT2D eigenvalue weighted by Crippen LogP contribution is 2.31. The van der Waals surface area contributed by atoms with Crippen LogP contribution in [-0.2, 0) is 19.3 Å². The molecule has 3 rings (SSSR count). The van der Waals surface area contributed by atoms with E-state index in [1.54, 1.807) is 6.07 Å². The second-order valence-corrected chi connectivity index (χ2v) is 5.63. The highest BCUT2D eigenvalue weighted by molar-refractivity contribution is 5.84. The zero-order valence-corrected chi connectivity index (χ0v) is 11.9. The van der Waals surface area contributed by atoms with Gasteiger partial charge in [-0.15, -0.1) is 0 Å². The quantitative estimate of drug-likeness (QED) is 0.669. The van der Waals surface area contributed by atoms with Crippen molar-refractivity contribution in [1.82, 2.24) is 0 Å². The number of fused-ring (bicyclic) bond motifs is 3. The predicted octanol–water partition coefficient (Wildman–Crippen LogP) is 3.72. The molecule has 2 aromatic rings. The molecule has 1 heterocycles. The third-order valence-corrected chi connectivity index (χ3v) is 4.19. The van der Waals surface area contributed by atoms with Gasteiger partial charge in [-0.05, 0) is 49.3 Å². The molecule has 0 atom stereocenters. The van der Waals surface area contributed by atoms with E-state index in [1.807, 2.05) is 6.07 Å². The molecule has 0 amide bonds. The minimum Gasteiger partial charge on any atom is -0.508 e. The summed E-state index contributed by atoms with van der Waals surface area (Å²) in [5.74, 6) is 0.232. The maximum Gasteiger partial charge on any atom is 0.339 e. The van der Waals surface area contributed by atoms with E-state index in [0.717, 1.165) is 67.0 Å². The van der Waals surface area contributed by atoms with Gasteiger partial charge in [0.2, 0.25) is 0 Å². The van der Waals surface area contributed by atoms with Gasteiger partial charge in [0.15, 0.2) is 0 Å². The van der Waals surface area contributed by atoms with Gasteiger partial charge in [-0.25, -0.2) is 4.79 Å². The Hall–Kier alpha value is -1.77. The average Bonchev–Trinajstić information content (AvgIpc) is 2.67. The molecule has 3 heteroatoms. The molecule has 0 saturated heterocycles. The summed E-state index contributed by atoms with van der Waals surface area (Å²) in [5, 5.41) is 11.0. The van der Waals surface area contributed by atoms with E-state index in [9.17, 15) is 9.90 Å². The van der Waals surface area contributed by atoms with Crippen molar-refractivity contribution in [3.8, 4) is 5.75 Å². The van der Waals surface area contributed by atoms with E-state index in [1.165, 1.54) is 0 Å². The average molecular weight is 272 g/mol. The Balaban J connectivity index is 2.28. The largest absolute Gasteiger partial charge is 0.508 e. The summed E-state index contributed by atoms with van der Waals surface area (Å²) in [5.41, 5.74) is 3.24. The molecule has 1 aromatic heterocycles. The molecule has 0 fully saturated rings. The van der Waals surface area contributed by atoms with E-state index in [-0.39, 0.29) is 11.4 Å². The fraction of sp³-hybridized carbons (Fsp3) is 0.471. The number of hydrogen-bond donors (Lipinski definition) is 1. The van der Waals surface area contributed by atoms with Crippen LogP contribution in [-0.4, -0.2) is 5.11 Å². The number of phenolic OH excluding ortho intramolecular Hbond substituents is 1. The van der Waals surface area contributed by atoms with Gasteiger partial charge in [-0.1, -0.05) is 19.8 Å². The maximum atomic E-state index is 12.1. The molecule has 1 N–H and O–H groups in total. The summed E-state index contributed by atoms with van der Waals surface area (Å²) in [6.07, 6.45) is 6.92. The Kier molecular flexibility index (Phi) is 3.51. The van der Waals surface area contributed by atoms with Gasteiger partial charge in [0, 0.05) is 17.0 Å². The topological polar surface area (TPSA) is 50.4 Å². The Labute approximate surface area is 118 Å². The van der Waals surface area contributed by atoms with Crippen LogP contribution in [0.15, 0.2) is 21.3 Å². The van der Waals surface area contributed by atoms with Gasteiger partial charge >= 0.3 is 5.63 Å². The van der Waals surface area contributed by atoms with Crippen LogP contribution in [0, 0.1) is 0 Å². The first-order valence-electron chi connectivity index (χ1n) is 7.51. The molecular formula is C17H20O3. The zero-order valence-electron chi connectivity index (χ0n) is 11.9. The van der Waals surface area contributed by atoms with Crippen LogP contribution in [0.3, 0.4) is 0 Å². The first-order valence-corrected chi connectivity index (χ1v) is 7.51. The molecular weight excluding hydrogens is 252 g/mol. The molecule has 0 radical (unpaired) electrons. The molecule has 106 valence electrons. The molecule has 1 aliphatic rings. The summed E-state index contributed by atoms with van der Waals surface area (Å²) in [7, 11) is 0. The summed E-state index contributed by atoms with van der Waals surface area (Å²) in [4.78, 5) is 12.1. The Bertz CT molecular complexity index is 697. The standard InChI is InChI=1S/C17H20O3/c1-2-6-11-9-14-12-7-4-3-5-8-13(12)17(19)20-16(14)10-15(11)18/h9-10,18H,2-8H2,1H3. The number of aryl methyl sites for hydroxylation is 2. The van der Waals surface area contributed by atoms with Gasteiger partial charge in [0.1, 0.15) is 11.3 Å². The van der Waals surface area contributed by atoms with E-state index >= 15 is 0 Å². The fourth-order valence-corrected chi connectivity index (χ4v) is 3.17. The number of benzene rings is 1. The Morgan fingerprint density at radius 1 is 1.15 bits per heavy atom. The van der Waals surface area contributed by atoms with Gasteiger partial charge in [-0.3, -0.25) is 0 Å². The molecule has 0 bridgehead atoms. The predicted molar refractivity (Wildman–Crippen MR) is 79.4 cm³/mol. The minimum atomic E-state index is -0.225. The van der Waals surface area contributed by atoms with Crippen molar-refractivity contribution in [2.24, 2.45) is 0 Å². The van der Waals surface area contributed by atoms with Crippen LogP contribution in [0.4, 0.5) is 0 Å². The van der Waals surface area contributed by atoms with Gasteiger partial charge < -0.3 is 9.52 Å². The smallest absolute Gasteiger partial charge is 0.339 e. The van der Waals surface area contributed by atoms with Gasteiger partial charge in [-0.2, -0.15) is 0 Å². The second kappa shape index (κ2) is 5.31. The van der Waals surface area contributed by atoms with Crippen molar-refractivity contribution in [3.05, 3.63) is 39.2 Å². The second-order valence-electron chi connectivity index (χ2n) is 5.63. The highest BCUT2D eigenvalue weighted by atomic mass is 16.4. The van der Waals surface area contributed by atoms with E-state index in [4.69, 9.17) is 4.42 Å². The van der Waals surface area contributed by atoms with Crippen molar-refractivity contribution < 1.29 is 9.52 Å². The van der Waals surface area contributed by atoms with Gasteiger partial charge in [0.05, 0.1) is 0 Å². The molecule has 1 aromatic carbocycles. The summed E-state index contributed by atoms with van der Waals surface area (Å²) in [6.45, 7) is 2.09. The lowest BCUT2D eigenvalue weighted by atomic mass is 9.97. The third-order valence-electron chi connectivity index (χ3n) is 4.19. The highest BCUT2D eigenvalue weighted by Gasteiger charge is 2.18. The molecule has 1 aliphatic carbocycles. The van der Waals surface area contributed by atoms with Crippen LogP contribution < -0.4 is 5.63 Å². The molecule has 20 heavy (non-hydrogen) atoms. The zero-order chi connectivity index (χ0) is 14.1. The Morgan fingerprint density at radius 2 is 1.90 bits per heavy atom. The van der Waals surface area contributed by atoms with Crippen LogP contribution in [0.5, 0.6) is 5.75 Å². The van der Waals surface area contributed by atoms with E-state index < -0.39 is 0 Å². The number of rotatable bonds is 2. The van der Waals surface area contributed by atoms with Crippen molar-refractivity contribution >= 4 is 11.0 Å². The monoisotopic (exact) mass is 272 g/mol. The molecule has 3 nitrogen and oxygen atoms in total. The number of aromatic hydroxyl groups is 1. The van der Waals surface area contributed by atoms with Crippen molar-refractivity contribution in [3.63, 3.8) is 0 Å². The fourth-order valence-electron chi connectivity index (χ4n) is 3.17. The molecule has 0 aliphatic heterocycles. The third kappa shape index (κ3) is 2.21. The van der Waals surface area contributed by atoms with Crippen LogP contribution in [0.1, 0.15) is 49.3 Å². The first-order chi connectivity index (χ1) is 9.70. The molecule has 0 unspecified atom stereocenters.